The highest BCUT2D eigenvalue weighted by atomic mass is 16.5. The molecular formula is C15H23N5O. The number of nitrogens with one attached hydrogen (secondary N) is 1. The standard InChI is InChI=1S/C15H23N5O/c1-16-15(18-7-14-17-5-6-19(14)2)20-8-10-11(9-20)13-4-3-12(10)21-13/h5-6,10-13H,3-4,7-9H2,1-2H3,(H,16,18). The third-order valence-corrected chi connectivity index (χ3v) is 5.29. The average molecular weight is 289 g/mol. The molecule has 3 fully saturated rings. The Morgan fingerprint density at radius 3 is 2.67 bits per heavy atom. The molecule has 0 aliphatic carbocycles. The maximum absolute atomic E-state index is 6.04. The molecule has 4 rings (SSSR count). The van der Waals surface area contributed by atoms with Crippen LogP contribution in [-0.4, -0.2) is 52.8 Å². The second-order valence-electron chi connectivity index (χ2n) is 6.38. The molecule has 0 aromatic carbocycles. The number of aryl methyl sites for hydroxylation is 1. The summed E-state index contributed by atoms with van der Waals surface area (Å²) in [6, 6.07) is 0. The van der Waals surface area contributed by atoms with Gasteiger partial charge in [-0.3, -0.25) is 4.99 Å². The number of rotatable bonds is 2. The number of guanidine groups is 1. The first-order chi connectivity index (χ1) is 10.3. The van der Waals surface area contributed by atoms with E-state index in [9.17, 15) is 0 Å². The van der Waals surface area contributed by atoms with Gasteiger partial charge in [0.25, 0.3) is 0 Å². The summed E-state index contributed by atoms with van der Waals surface area (Å²) in [6.45, 7) is 2.86. The van der Waals surface area contributed by atoms with Crippen molar-refractivity contribution in [2.24, 2.45) is 23.9 Å². The fourth-order valence-electron chi connectivity index (χ4n) is 4.19. The maximum Gasteiger partial charge on any atom is 0.194 e. The molecule has 21 heavy (non-hydrogen) atoms. The molecule has 0 radical (unpaired) electrons. The minimum absolute atomic E-state index is 0.498. The fraction of sp³-hybridized carbons (Fsp3) is 0.733. The quantitative estimate of drug-likeness (QED) is 0.640. The summed E-state index contributed by atoms with van der Waals surface area (Å²) < 4.78 is 8.07. The van der Waals surface area contributed by atoms with Gasteiger partial charge >= 0.3 is 0 Å². The van der Waals surface area contributed by atoms with Crippen molar-refractivity contribution in [3.05, 3.63) is 18.2 Å². The van der Waals surface area contributed by atoms with Crippen LogP contribution >= 0.6 is 0 Å². The monoisotopic (exact) mass is 289 g/mol. The van der Waals surface area contributed by atoms with Crippen molar-refractivity contribution in [1.29, 1.82) is 0 Å². The highest BCUT2D eigenvalue weighted by Crippen LogP contribution is 2.47. The van der Waals surface area contributed by atoms with E-state index in [1.807, 2.05) is 31.1 Å². The van der Waals surface area contributed by atoms with Crippen molar-refractivity contribution in [3.8, 4) is 0 Å². The first-order valence-electron chi connectivity index (χ1n) is 7.83. The van der Waals surface area contributed by atoms with Crippen LogP contribution in [-0.2, 0) is 18.3 Å². The second-order valence-corrected chi connectivity index (χ2v) is 6.38. The molecule has 6 nitrogen and oxygen atoms in total. The molecule has 1 N–H and O–H groups in total. The lowest BCUT2D eigenvalue weighted by Gasteiger charge is -2.23. The van der Waals surface area contributed by atoms with E-state index in [4.69, 9.17) is 4.74 Å². The Hall–Kier alpha value is -1.56. The van der Waals surface area contributed by atoms with Crippen LogP contribution in [0.4, 0.5) is 0 Å². The summed E-state index contributed by atoms with van der Waals surface area (Å²) in [7, 11) is 3.88. The number of imidazole rings is 1. The summed E-state index contributed by atoms with van der Waals surface area (Å²) >= 11 is 0. The van der Waals surface area contributed by atoms with Gasteiger partial charge in [0.1, 0.15) is 5.82 Å². The van der Waals surface area contributed by atoms with Crippen molar-refractivity contribution < 1.29 is 4.74 Å². The normalized spacial score (nSPS) is 34.6. The van der Waals surface area contributed by atoms with E-state index in [-0.39, 0.29) is 0 Å². The van der Waals surface area contributed by atoms with Gasteiger partial charge in [0.15, 0.2) is 5.96 Å². The Balaban J connectivity index is 1.40. The van der Waals surface area contributed by atoms with Crippen LogP contribution in [0.2, 0.25) is 0 Å². The van der Waals surface area contributed by atoms with E-state index in [1.165, 1.54) is 12.8 Å². The van der Waals surface area contributed by atoms with E-state index in [2.05, 4.69) is 20.2 Å². The molecule has 4 heterocycles. The molecule has 3 aliphatic heterocycles. The topological polar surface area (TPSA) is 54.7 Å². The largest absolute Gasteiger partial charge is 0.374 e. The number of aliphatic imine (C=N–C) groups is 1. The summed E-state index contributed by atoms with van der Waals surface area (Å²) in [4.78, 5) is 11.2. The zero-order valence-electron chi connectivity index (χ0n) is 12.7. The lowest BCUT2D eigenvalue weighted by atomic mass is 9.82. The Morgan fingerprint density at radius 2 is 2.10 bits per heavy atom. The lowest BCUT2D eigenvalue weighted by Crippen LogP contribution is -2.41. The smallest absolute Gasteiger partial charge is 0.194 e. The summed E-state index contributed by atoms with van der Waals surface area (Å²) in [6.07, 6.45) is 7.29. The first-order valence-corrected chi connectivity index (χ1v) is 7.83. The van der Waals surface area contributed by atoms with Crippen LogP contribution in [0.25, 0.3) is 0 Å². The van der Waals surface area contributed by atoms with E-state index < -0.39 is 0 Å². The molecule has 3 aliphatic rings. The van der Waals surface area contributed by atoms with Gasteiger partial charge in [0, 0.05) is 51.4 Å². The van der Waals surface area contributed by atoms with Crippen molar-refractivity contribution in [3.63, 3.8) is 0 Å². The second kappa shape index (κ2) is 5.02. The SMILES string of the molecule is CN=C(NCc1nccn1C)N1CC2C3CCC(O3)C2C1. The zero-order chi connectivity index (χ0) is 14.4. The highest BCUT2D eigenvalue weighted by molar-refractivity contribution is 5.80. The van der Waals surface area contributed by atoms with Gasteiger partial charge in [-0.25, -0.2) is 4.98 Å². The van der Waals surface area contributed by atoms with Crippen LogP contribution in [0.5, 0.6) is 0 Å². The minimum atomic E-state index is 0.498. The molecule has 0 saturated carbocycles. The number of aromatic nitrogens is 2. The fourth-order valence-corrected chi connectivity index (χ4v) is 4.19. The Morgan fingerprint density at radius 1 is 1.38 bits per heavy atom. The van der Waals surface area contributed by atoms with Gasteiger partial charge in [-0.05, 0) is 12.8 Å². The number of likely N-dealkylation sites (tertiary alicyclic amines) is 1. The molecule has 1 aromatic heterocycles. The third kappa shape index (κ3) is 2.12. The molecule has 0 amide bonds. The zero-order valence-corrected chi connectivity index (χ0v) is 12.7. The Labute approximate surface area is 125 Å². The van der Waals surface area contributed by atoms with Crippen LogP contribution < -0.4 is 5.32 Å². The minimum Gasteiger partial charge on any atom is -0.374 e. The van der Waals surface area contributed by atoms with Gasteiger partial charge in [0.2, 0.25) is 0 Å². The predicted molar refractivity (Wildman–Crippen MR) is 79.9 cm³/mol. The first kappa shape index (κ1) is 13.1. The number of ether oxygens (including phenoxy) is 1. The highest BCUT2D eigenvalue weighted by Gasteiger charge is 2.53. The Bertz CT molecular complexity index is 536. The summed E-state index contributed by atoms with van der Waals surface area (Å²) in [5, 5.41) is 3.45. The number of hydrogen-bond donors (Lipinski definition) is 1. The molecule has 3 saturated heterocycles. The Kier molecular flexibility index (Phi) is 3.14. The average Bonchev–Trinajstić information content (AvgIpc) is 3.20. The van der Waals surface area contributed by atoms with Crippen molar-refractivity contribution in [2.75, 3.05) is 20.1 Å². The van der Waals surface area contributed by atoms with E-state index in [0.717, 1.165) is 24.9 Å². The van der Waals surface area contributed by atoms with E-state index in [1.54, 1.807) is 0 Å². The number of hydrogen-bond acceptors (Lipinski definition) is 3. The van der Waals surface area contributed by atoms with Gasteiger partial charge < -0.3 is 19.5 Å². The van der Waals surface area contributed by atoms with Crippen molar-refractivity contribution in [1.82, 2.24) is 19.8 Å². The molecule has 4 atom stereocenters. The van der Waals surface area contributed by atoms with Crippen molar-refractivity contribution >= 4 is 5.96 Å². The maximum atomic E-state index is 6.04. The molecule has 114 valence electrons. The number of nitrogens with zero attached hydrogens (tertiary/aromatic N) is 4. The molecular weight excluding hydrogens is 266 g/mol. The van der Waals surface area contributed by atoms with Crippen LogP contribution in [0.15, 0.2) is 17.4 Å². The predicted octanol–water partition coefficient (Wildman–Crippen LogP) is 0.605. The van der Waals surface area contributed by atoms with E-state index >= 15 is 0 Å². The molecule has 2 bridgehead atoms. The van der Waals surface area contributed by atoms with Gasteiger partial charge in [-0.1, -0.05) is 0 Å². The van der Waals surface area contributed by atoms with Gasteiger partial charge in [-0.2, -0.15) is 0 Å². The van der Waals surface area contributed by atoms with Crippen LogP contribution in [0.1, 0.15) is 18.7 Å². The van der Waals surface area contributed by atoms with Crippen molar-refractivity contribution in [2.45, 2.75) is 31.6 Å². The third-order valence-electron chi connectivity index (χ3n) is 5.29. The summed E-state index contributed by atoms with van der Waals surface area (Å²) in [5.74, 6) is 3.43. The molecule has 0 spiro atoms. The number of fused-ring (bicyclic) bond motifs is 5. The van der Waals surface area contributed by atoms with Gasteiger partial charge in [-0.15, -0.1) is 0 Å². The molecule has 1 aromatic rings. The van der Waals surface area contributed by atoms with Crippen LogP contribution in [0.3, 0.4) is 0 Å². The summed E-state index contributed by atoms with van der Waals surface area (Å²) in [5.41, 5.74) is 0. The molecule has 6 heteroatoms. The lowest BCUT2D eigenvalue weighted by molar-refractivity contribution is 0.0767. The molecule has 4 unspecified atom stereocenters. The van der Waals surface area contributed by atoms with Gasteiger partial charge in [0.05, 0.1) is 18.8 Å². The van der Waals surface area contributed by atoms with E-state index in [0.29, 0.717) is 30.6 Å². The van der Waals surface area contributed by atoms with Crippen LogP contribution in [0, 0.1) is 11.8 Å².